The van der Waals surface area contributed by atoms with Gasteiger partial charge in [0.1, 0.15) is 0 Å². The van der Waals surface area contributed by atoms with Crippen molar-refractivity contribution in [1.29, 1.82) is 0 Å². The van der Waals surface area contributed by atoms with Gasteiger partial charge in [0.05, 0.1) is 6.61 Å². The number of rotatable bonds is 6. The van der Waals surface area contributed by atoms with E-state index >= 15 is 0 Å². The van der Waals surface area contributed by atoms with Crippen LogP contribution in [-0.2, 0) is 0 Å². The zero-order valence-electron chi connectivity index (χ0n) is 10.3. The Labute approximate surface area is 99.2 Å². The minimum absolute atomic E-state index is 0.343. The van der Waals surface area contributed by atoms with Crippen molar-refractivity contribution in [2.45, 2.75) is 57.0 Å². The van der Waals surface area contributed by atoms with E-state index in [1.807, 2.05) is 0 Å². The fourth-order valence-corrected chi connectivity index (χ4v) is 2.61. The number of nitrogens with zero attached hydrogens (tertiary/aromatic N) is 1. The second kappa shape index (κ2) is 6.58. The second-order valence-corrected chi connectivity index (χ2v) is 5.30. The molecule has 1 atom stereocenters. The number of aliphatic hydroxyl groups excluding tert-OH is 1. The van der Waals surface area contributed by atoms with Gasteiger partial charge in [0.2, 0.25) is 0 Å². The quantitative estimate of drug-likeness (QED) is 0.671. The van der Waals surface area contributed by atoms with E-state index < -0.39 is 0 Å². The first-order valence-electron chi connectivity index (χ1n) is 6.98. The van der Waals surface area contributed by atoms with Crippen molar-refractivity contribution in [3.8, 4) is 0 Å². The molecule has 0 radical (unpaired) electrons. The van der Waals surface area contributed by atoms with E-state index in [2.05, 4.69) is 10.2 Å². The van der Waals surface area contributed by atoms with Crippen molar-refractivity contribution in [1.82, 2.24) is 10.2 Å². The molecule has 3 nitrogen and oxygen atoms in total. The largest absolute Gasteiger partial charge is 0.395 e. The van der Waals surface area contributed by atoms with Crippen LogP contribution in [0.25, 0.3) is 0 Å². The van der Waals surface area contributed by atoms with Crippen molar-refractivity contribution in [3.63, 3.8) is 0 Å². The summed E-state index contributed by atoms with van der Waals surface area (Å²) in [7, 11) is 0. The summed E-state index contributed by atoms with van der Waals surface area (Å²) in [6.45, 7) is 3.84. The summed E-state index contributed by atoms with van der Waals surface area (Å²) in [4.78, 5) is 2.50. The van der Waals surface area contributed by atoms with Gasteiger partial charge in [0, 0.05) is 12.1 Å². The van der Waals surface area contributed by atoms with Crippen molar-refractivity contribution in [2.24, 2.45) is 0 Å². The summed E-state index contributed by atoms with van der Waals surface area (Å²) in [5.41, 5.74) is 0. The first-order chi connectivity index (χ1) is 7.90. The molecule has 1 saturated heterocycles. The molecule has 0 amide bonds. The third-order valence-corrected chi connectivity index (χ3v) is 3.84. The molecule has 2 rings (SSSR count). The van der Waals surface area contributed by atoms with Crippen molar-refractivity contribution >= 4 is 0 Å². The first kappa shape index (κ1) is 12.3. The number of hydrogen-bond acceptors (Lipinski definition) is 3. The van der Waals surface area contributed by atoms with E-state index in [1.165, 1.54) is 51.5 Å². The van der Waals surface area contributed by atoms with Crippen LogP contribution in [0.1, 0.15) is 44.9 Å². The highest BCUT2D eigenvalue weighted by Crippen LogP contribution is 2.19. The van der Waals surface area contributed by atoms with Gasteiger partial charge in [-0.2, -0.15) is 0 Å². The maximum Gasteiger partial charge on any atom is 0.0586 e. The normalized spacial score (nSPS) is 27.9. The third kappa shape index (κ3) is 4.04. The highest BCUT2D eigenvalue weighted by atomic mass is 16.3. The molecule has 0 aromatic carbocycles. The number of likely N-dealkylation sites (tertiary alicyclic amines) is 1. The van der Waals surface area contributed by atoms with Crippen LogP contribution in [0.2, 0.25) is 0 Å². The average Bonchev–Trinajstić information content (AvgIpc) is 3.11. The van der Waals surface area contributed by atoms with Crippen LogP contribution >= 0.6 is 0 Å². The number of hydrogen-bond donors (Lipinski definition) is 2. The van der Waals surface area contributed by atoms with E-state index in [0.29, 0.717) is 12.6 Å². The molecule has 2 fully saturated rings. The van der Waals surface area contributed by atoms with Crippen molar-refractivity contribution in [2.75, 3.05) is 26.2 Å². The lowest BCUT2D eigenvalue weighted by atomic mass is 10.1. The van der Waals surface area contributed by atoms with Gasteiger partial charge in [0.25, 0.3) is 0 Å². The van der Waals surface area contributed by atoms with E-state index in [9.17, 15) is 5.11 Å². The van der Waals surface area contributed by atoms with Crippen LogP contribution in [-0.4, -0.2) is 48.3 Å². The van der Waals surface area contributed by atoms with E-state index in [1.54, 1.807) is 0 Å². The Bertz CT molecular complexity index is 194. The fraction of sp³-hybridized carbons (Fsp3) is 1.00. The molecule has 1 aliphatic carbocycles. The highest BCUT2D eigenvalue weighted by Gasteiger charge is 2.21. The van der Waals surface area contributed by atoms with Gasteiger partial charge in [-0.3, -0.25) is 4.90 Å². The van der Waals surface area contributed by atoms with Crippen molar-refractivity contribution in [3.05, 3.63) is 0 Å². The molecular formula is C13H26N2O. The Morgan fingerprint density at radius 3 is 2.75 bits per heavy atom. The third-order valence-electron chi connectivity index (χ3n) is 3.84. The summed E-state index contributed by atoms with van der Waals surface area (Å²) >= 11 is 0. The maximum absolute atomic E-state index is 9.38. The average molecular weight is 226 g/mol. The predicted molar refractivity (Wildman–Crippen MR) is 66.6 cm³/mol. The molecule has 1 aliphatic heterocycles. The topological polar surface area (TPSA) is 35.5 Å². The molecule has 16 heavy (non-hydrogen) atoms. The molecule has 3 heteroatoms. The smallest absolute Gasteiger partial charge is 0.0586 e. The molecule has 1 saturated carbocycles. The number of aliphatic hydroxyl groups is 1. The van der Waals surface area contributed by atoms with Gasteiger partial charge >= 0.3 is 0 Å². The maximum atomic E-state index is 9.38. The van der Waals surface area contributed by atoms with Gasteiger partial charge in [0.15, 0.2) is 0 Å². The SMILES string of the molecule is OCC1CCCCCN1CCCNC1CC1. The molecule has 2 aliphatic rings. The second-order valence-electron chi connectivity index (χ2n) is 5.30. The van der Waals surface area contributed by atoms with Crippen LogP contribution in [0.3, 0.4) is 0 Å². The molecule has 0 spiro atoms. The Kier molecular flexibility index (Phi) is 5.07. The lowest BCUT2D eigenvalue weighted by Gasteiger charge is -2.28. The standard InChI is InChI=1S/C13H26N2O/c16-11-13-5-2-1-3-9-15(13)10-4-8-14-12-6-7-12/h12-14,16H,1-11H2. The van der Waals surface area contributed by atoms with Gasteiger partial charge < -0.3 is 10.4 Å². The van der Waals surface area contributed by atoms with Gasteiger partial charge in [-0.05, 0) is 51.7 Å². The van der Waals surface area contributed by atoms with Crippen LogP contribution in [0.15, 0.2) is 0 Å². The monoisotopic (exact) mass is 226 g/mol. The number of nitrogens with one attached hydrogen (secondary N) is 1. The van der Waals surface area contributed by atoms with Crippen LogP contribution < -0.4 is 5.32 Å². The molecule has 1 heterocycles. The lowest BCUT2D eigenvalue weighted by Crippen LogP contribution is -2.39. The first-order valence-corrected chi connectivity index (χ1v) is 6.98. The lowest BCUT2D eigenvalue weighted by molar-refractivity contribution is 0.123. The zero-order valence-corrected chi connectivity index (χ0v) is 10.3. The van der Waals surface area contributed by atoms with Crippen LogP contribution in [0.5, 0.6) is 0 Å². The summed E-state index contributed by atoms with van der Waals surface area (Å²) < 4.78 is 0. The molecular weight excluding hydrogens is 200 g/mol. The van der Waals surface area contributed by atoms with E-state index in [0.717, 1.165) is 19.1 Å². The van der Waals surface area contributed by atoms with Crippen LogP contribution in [0, 0.1) is 0 Å². The molecule has 0 aromatic rings. The van der Waals surface area contributed by atoms with Gasteiger partial charge in [-0.15, -0.1) is 0 Å². The molecule has 0 aromatic heterocycles. The molecule has 2 N–H and O–H groups in total. The fourth-order valence-electron chi connectivity index (χ4n) is 2.61. The van der Waals surface area contributed by atoms with Crippen LogP contribution in [0.4, 0.5) is 0 Å². The minimum Gasteiger partial charge on any atom is -0.395 e. The summed E-state index contributed by atoms with van der Waals surface area (Å²) in [5.74, 6) is 0. The Hall–Kier alpha value is -0.120. The van der Waals surface area contributed by atoms with E-state index in [4.69, 9.17) is 0 Å². The Balaban J connectivity index is 1.63. The Morgan fingerprint density at radius 1 is 1.12 bits per heavy atom. The van der Waals surface area contributed by atoms with Gasteiger partial charge in [-0.25, -0.2) is 0 Å². The molecule has 94 valence electrons. The van der Waals surface area contributed by atoms with E-state index in [-0.39, 0.29) is 0 Å². The molecule has 1 unspecified atom stereocenters. The Morgan fingerprint density at radius 2 is 2.00 bits per heavy atom. The minimum atomic E-state index is 0.343. The highest BCUT2D eigenvalue weighted by molar-refractivity contribution is 4.81. The predicted octanol–water partition coefficient (Wildman–Crippen LogP) is 1.37. The summed E-state index contributed by atoms with van der Waals surface area (Å²) in [5, 5.41) is 12.9. The summed E-state index contributed by atoms with van der Waals surface area (Å²) in [6.07, 6.45) is 9.12. The summed E-state index contributed by atoms with van der Waals surface area (Å²) in [6, 6.07) is 1.26. The zero-order chi connectivity index (χ0) is 11.2. The molecule has 0 bridgehead atoms. The van der Waals surface area contributed by atoms with Gasteiger partial charge in [-0.1, -0.05) is 12.8 Å². The van der Waals surface area contributed by atoms with Crippen molar-refractivity contribution < 1.29 is 5.11 Å².